The van der Waals surface area contributed by atoms with Crippen LogP contribution >= 0.6 is 22.7 Å². The van der Waals surface area contributed by atoms with Gasteiger partial charge >= 0.3 is 0 Å². The van der Waals surface area contributed by atoms with E-state index in [2.05, 4.69) is 0 Å². The summed E-state index contributed by atoms with van der Waals surface area (Å²) in [6.07, 6.45) is 3.45. The van der Waals surface area contributed by atoms with Crippen LogP contribution in [0.4, 0.5) is 0 Å². The molecule has 4 nitrogen and oxygen atoms in total. The van der Waals surface area contributed by atoms with Crippen molar-refractivity contribution >= 4 is 46.8 Å². The van der Waals surface area contributed by atoms with E-state index in [1.165, 1.54) is 12.1 Å². The van der Waals surface area contributed by atoms with Crippen molar-refractivity contribution in [2.45, 2.75) is 0 Å². The summed E-state index contributed by atoms with van der Waals surface area (Å²) in [4.78, 5) is 23.0. The Morgan fingerprint density at radius 3 is 1.50 bits per heavy atom. The highest BCUT2D eigenvalue weighted by Crippen LogP contribution is 2.21. The number of carbonyl (C=O) groups excluding carboxylic acids is 2. The topological polar surface area (TPSA) is 80.3 Å². The molecule has 92 valence electrons. The van der Waals surface area contributed by atoms with Gasteiger partial charge in [-0.25, -0.2) is 0 Å². The van der Waals surface area contributed by atoms with Crippen LogP contribution in [0, 0.1) is 0 Å². The van der Waals surface area contributed by atoms with Crippen LogP contribution in [0.2, 0.25) is 0 Å². The van der Waals surface area contributed by atoms with Crippen molar-refractivity contribution in [2.75, 3.05) is 0 Å². The first-order valence-electron chi connectivity index (χ1n) is 4.87. The van der Waals surface area contributed by atoms with Crippen LogP contribution in [0.15, 0.2) is 24.3 Å². The van der Waals surface area contributed by atoms with Crippen LogP contribution in [0.5, 0.6) is 0 Å². The SMILES string of the molecule is O=C([O-])c1ccc(/C=C/c2ccc(C(=O)[O-])s2)s1. The molecule has 0 aliphatic heterocycles. The first kappa shape index (κ1) is 12.5. The maximum atomic E-state index is 10.6. The van der Waals surface area contributed by atoms with Crippen molar-refractivity contribution in [3.8, 4) is 0 Å². The molecular weight excluding hydrogens is 272 g/mol. The second-order valence-electron chi connectivity index (χ2n) is 3.31. The third-order valence-electron chi connectivity index (χ3n) is 2.07. The molecule has 0 bridgehead atoms. The highest BCUT2D eigenvalue weighted by molar-refractivity contribution is 7.15. The third-order valence-corrected chi connectivity index (χ3v) is 4.13. The van der Waals surface area contributed by atoms with Crippen LogP contribution < -0.4 is 10.2 Å². The minimum Gasteiger partial charge on any atom is -0.544 e. The number of hydrogen-bond donors (Lipinski definition) is 0. The van der Waals surface area contributed by atoms with Crippen LogP contribution in [0.25, 0.3) is 12.2 Å². The Bertz CT molecular complexity index is 567. The number of carboxylic acids is 2. The minimum atomic E-state index is -1.20. The summed E-state index contributed by atoms with van der Waals surface area (Å²) in [7, 11) is 0. The maximum absolute atomic E-state index is 10.6. The van der Waals surface area contributed by atoms with Crippen molar-refractivity contribution in [1.29, 1.82) is 0 Å². The fraction of sp³-hybridized carbons (Fsp3) is 0. The van der Waals surface area contributed by atoms with E-state index in [1.807, 2.05) is 0 Å². The number of rotatable bonds is 4. The standard InChI is InChI=1S/C12H8O4S2/c13-11(14)9-5-3-7(17-9)1-2-8-4-6-10(18-8)12(15)16/h1-6H,(H,13,14)(H,15,16)/p-2/b2-1+. The Labute approximate surface area is 110 Å². The van der Waals surface area contributed by atoms with Crippen LogP contribution in [0.1, 0.15) is 29.1 Å². The van der Waals surface area contributed by atoms with E-state index >= 15 is 0 Å². The molecule has 0 unspecified atom stereocenters. The molecule has 0 amide bonds. The van der Waals surface area contributed by atoms with Gasteiger partial charge in [-0.05, 0) is 36.4 Å². The lowest BCUT2D eigenvalue weighted by Crippen LogP contribution is -2.20. The fourth-order valence-corrected chi connectivity index (χ4v) is 2.76. The molecule has 0 aliphatic carbocycles. The number of carboxylic acid groups (broad SMARTS) is 2. The lowest BCUT2D eigenvalue weighted by molar-refractivity contribution is -0.255. The van der Waals surface area contributed by atoms with Gasteiger partial charge in [0.25, 0.3) is 0 Å². The third kappa shape index (κ3) is 2.85. The molecule has 0 radical (unpaired) electrons. The molecule has 6 heteroatoms. The van der Waals surface area contributed by atoms with E-state index in [0.29, 0.717) is 0 Å². The van der Waals surface area contributed by atoms with Gasteiger partial charge < -0.3 is 19.8 Å². The second kappa shape index (κ2) is 5.16. The van der Waals surface area contributed by atoms with Crippen molar-refractivity contribution in [3.63, 3.8) is 0 Å². The molecule has 0 aromatic carbocycles. The molecule has 2 aromatic heterocycles. The Morgan fingerprint density at radius 2 is 1.22 bits per heavy atom. The lowest BCUT2D eigenvalue weighted by Gasteiger charge is -1.93. The summed E-state index contributed by atoms with van der Waals surface area (Å²) in [5.41, 5.74) is 0. The summed E-state index contributed by atoms with van der Waals surface area (Å²) >= 11 is 2.20. The zero-order valence-electron chi connectivity index (χ0n) is 8.91. The largest absolute Gasteiger partial charge is 0.544 e. The first-order chi connectivity index (χ1) is 8.56. The minimum absolute atomic E-state index is 0.163. The molecule has 2 heterocycles. The molecule has 0 aliphatic rings. The number of aromatic carboxylic acids is 2. The first-order valence-corrected chi connectivity index (χ1v) is 6.50. The zero-order valence-corrected chi connectivity index (χ0v) is 10.5. The van der Waals surface area contributed by atoms with Crippen LogP contribution in [0.3, 0.4) is 0 Å². The van der Waals surface area contributed by atoms with Gasteiger partial charge in [-0.2, -0.15) is 0 Å². The van der Waals surface area contributed by atoms with Gasteiger partial charge in [-0.15, -0.1) is 22.7 Å². The zero-order chi connectivity index (χ0) is 13.1. The normalized spacial score (nSPS) is 10.9. The Hall–Kier alpha value is -1.92. The number of thiophene rings is 2. The summed E-state index contributed by atoms with van der Waals surface area (Å²) in [5.74, 6) is -2.40. The van der Waals surface area contributed by atoms with E-state index in [9.17, 15) is 19.8 Å². The van der Waals surface area contributed by atoms with Crippen molar-refractivity contribution in [1.82, 2.24) is 0 Å². The summed E-state index contributed by atoms with van der Waals surface area (Å²) in [6.45, 7) is 0. The molecular formula is C12H6O4S2-2. The van der Waals surface area contributed by atoms with E-state index in [4.69, 9.17) is 0 Å². The molecule has 0 spiro atoms. The second-order valence-corrected chi connectivity index (χ2v) is 5.54. The average molecular weight is 278 g/mol. The lowest BCUT2D eigenvalue weighted by atomic mass is 10.3. The monoisotopic (exact) mass is 278 g/mol. The molecule has 0 saturated heterocycles. The van der Waals surface area contributed by atoms with Gasteiger partial charge in [0.2, 0.25) is 0 Å². The predicted molar refractivity (Wildman–Crippen MR) is 66.2 cm³/mol. The van der Waals surface area contributed by atoms with Crippen molar-refractivity contribution in [3.05, 3.63) is 43.8 Å². The average Bonchev–Trinajstić information content (AvgIpc) is 2.95. The number of carbonyl (C=O) groups is 2. The van der Waals surface area contributed by atoms with Crippen LogP contribution in [-0.4, -0.2) is 11.9 Å². The summed E-state index contributed by atoms with van der Waals surface area (Å²) < 4.78 is 0. The van der Waals surface area contributed by atoms with E-state index in [1.54, 1.807) is 24.3 Å². The molecule has 0 N–H and O–H groups in total. The van der Waals surface area contributed by atoms with E-state index < -0.39 is 11.9 Å². The fourth-order valence-electron chi connectivity index (χ4n) is 1.27. The quantitative estimate of drug-likeness (QED) is 0.824. The van der Waals surface area contributed by atoms with Gasteiger partial charge in [0.1, 0.15) is 0 Å². The molecule has 18 heavy (non-hydrogen) atoms. The van der Waals surface area contributed by atoms with Crippen molar-refractivity contribution in [2.24, 2.45) is 0 Å². The van der Waals surface area contributed by atoms with Gasteiger partial charge in [0, 0.05) is 9.75 Å². The van der Waals surface area contributed by atoms with Gasteiger partial charge in [-0.1, -0.05) is 0 Å². The number of hydrogen-bond acceptors (Lipinski definition) is 6. The maximum Gasteiger partial charge on any atom is 0.0815 e. The van der Waals surface area contributed by atoms with Gasteiger partial charge in [0.15, 0.2) is 0 Å². The Kier molecular flexibility index (Phi) is 3.59. The van der Waals surface area contributed by atoms with E-state index in [-0.39, 0.29) is 9.75 Å². The highest BCUT2D eigenvalue weighted by Gasteiger charge is 1.99. The van der Waals surface area contributed by atoms with Gasteiger partial charge in [-0.3, -0.25) is 0 Å². The van der Waals surface area contributed by atoms with Crippen LogP contribution in [-0.2, 0) is 0 Å². The molecule has 0 atom stereocenters. The summed E-state index contributed by atoms with van der Waals surface area (Å²) in [6, 6.07) is 6.28. The smallest absolute Gasteiger partial charge is 0.0815 e. The Balaban J connectivity index is 2.13. The molecule has 0 saturated carbocycles. The van der Waals surface area contributed by atoms with Crippen molar-refractivity contribution < 1.29 is 19.8 Å². The van der Waals surface area contributed by atoms with E-state index in [0.717, 1.165) is 32.4 Å². The Morgan fingerprint density at radius 1 is 0.833 bits per heavy atom. The predicted octanol–water partition coefficient (Wildman–Crippen LogP) is 0.707. The molecule has 0 fully saturated rings. The van der Waals surface area contributed by atoms with Gasteiger partial charge in [0.05, 0.1) is 21.7 Å². The molecule has 2 aromatic rings. The highest BCUT2D eigenvalue weighted by atomic mass is 32.1. The summed E-state index contributed by atoms with van der Waals surface area (Å²) in [5, 5.41) is 21.1. The molecule has 2 rings (SSSR count).